The summed E-state index contributed by atoms with van der Waals surface area (Å²) in [5.41, 5.74) is 13.7. The molecule has 0 amide bonds. The molecule has 7 heteroatoms. The lowest BCUT2D eigenvalue weighted by atomic mass is 10.0. The van der Waals surface area contributed by atoms with E-state index in [2.05, 4.69) is 221 Å². The van der Waals surface area contributed by atoms with E-state index in [-0.39, 0.29) is 1.43 Å². The van der Waals surface area contributed by atoms with Crippen LogP contribution in [0.15, 0.2) is 265 Å². The lowest BCUT2D eigenvalue weighted by Gasteiger charge is -2.11. The van der Waals surface area contributed by atoms with Gasteiger partial charge >= 0.3 is 0 Å². The summed E-state index contributed by atoms with van der Waals surface area (Å²) in [6, 6.07) is 92.4. The Morgan fingerprint density at radius 3 is 1.26 bits per heavy atom. The van der Waals surface area contributed by atoms with Crippen molar-refractivity contribution in [3.63, 3.8) is 0 Å². The molecule has 0 aliphatic rings. The van der Waals surface area contributed by atoms with Gasteiger partial charge in [0.05, 0.1) is 11.0 Å². The molecular formula is C69H45BrN4S2. The Labute approximate surface area is 457 Å². The molecule has 4 nitrogen and oxygen atoms in total. The number of rotatable bonds is 7. The first-order chi connectivity index (χ1) is 37.6. The average Bonchev–Trinajstić information content (AvgIpc) is 4.18. The van der Waals surface area contributed by atoms with Crippen molar-refractivity contribution in [1.29, 1.82) is 0 Å². The van der Waals surface area contributed by atoms with Crippen LogP contribution in [0, 0.1) is 0 Å². The van der Waals surface area contributed by atoms with Crippen LogP contribution in [0.2, 0.25) is 0 Å². The largest absolute Gasteiger partial charge is 0.309 e. The second-order valence-electron chi connectivity index (χ2n) is 18.8. The van der Waals surface area contributed by atoms with Crippen LogP contribution in [0.5, 0.6) is 0 Å². The van der Waals surface area contributed by atoms with Crippen molar-refractivity contribution < 1.29 is 1.43 Å². The highest BCUT2D eigenvalue weighted by molar-refractivity contribution is 9.10. The first kappa shape index (κ1) is 45.7. The third-order valence-corrected chi connectivity index (χ3v) is 17.2. The smallest absolute Gasteiger partial charge is 0.164 e. The number of nitrogens with zero attached hydrogens (tertiary/aromatic N) is 4. The molecule has 0 fully saturated rings. The molecular weight excluding hydrogens is 1030 g/mol. The molecule has 0 unspecified atom stereocenters. The summed E-state index contributed by atoms with van der Waals surface area (Å²) < 4.78 is 8.88. The van der Waals surface area contributed by atoms with Gasteiger partial charge in [0, 0.05) is 79.4 Å². The van der Waals surface area contributed by atoms with Crippen LogP contribution in [0.25, 0.3) is 135 Å². The van der Waals surface area contributed by atoms with Gasteiger partial charge in [0.1, 0.15) is 0 Å². The number of halogens is 1. The van der Waals surface area contributed by atoms with E-state index >= 15 is 0 Å². The maximum absolute atomic E-state index is 4.93. The summed E-state index contributed by atoms with van der Waals surface area (Å²) in [6.07, 6.45) is 0. The fourth-order valence-electron chi connectivity index (χ4n) is 10.5. The summed E-state index contributed by atoms with van der Waals surface area (Å²) in [6.45, 7) is 0. The van der Waals surface area contributed by atoms with Gasteiger partial charge in [0.25, 0.3) is 0 Å². The summed E-state index contributed by atoms with van der Waals surface area (Å²) in [5.74, 6) is 1.96. The number of hydrogen-bond donors (Lipinski definition) is 0. The number of benzene rings is 11. The first-order valence-electron chi connectivity index (χ1n) is 25.3. The molecule has 0 bridgehead atoms. The summed E-state index contributed by atoms with van der Waals surface area (Å²) in [5, 5.41) is 7.80. The van der Waals surface area contributed by atoms with Crippen LogP contribution in [-0.2, 0) is 0 Å². The van der Waals surface area contributed by atoms with Gasteiger partial charge in [-0.2, -0.15) is 0 Å². The maximum Gasteiger partial charge on any atom is 0.164 e. The van der Waals surface area contributed by atoms with E-state index in [0.29, 0.717) is 17.5 Å². The predicted octanol–water partition coefficient (Wildman–Crippen LogP) is 20.4. The van der Waals surface area contributed by atoms with Gasteiger partial charge in [-0.15, -0.1) is 22.7 Å². The topological polar surface area (TPSA) is 43.6 Å². The zero-order valence-corrected chi connectivity index (χ0v) is 44.0. The SMILES string of the molecule is Brc1ccc(-c2cccc3c2sc2ccccc23)cc1.[2HH].c1ccc(-c2nc(-c3ccccc3)nc(-c3ccc(-c4ccc5c(c4)c4ccccc4n5-c4ccc(-c5cccc6c5sc5ccccc56)cc4)cc3)n2)cc1. The second kappa shape index (κ2) is 19.4. The van der Waals surface area contributed by atoms with Gasteiger partial charge < -0.3 is 4.57 Å². The van der Waals surface area contributed by atoms with E-state index in [1.807, 2.05) is 83.3 Å². The Bertz CT molecular complexity index is 4570. The third-order valence-electron chi connectivity index (χ3n) is 14.2. The number of aromatic nitrogens is 4. The molecule has 15 rings (SSSR count). The first-order valence-corrected chi connectivity index (χ1v) is 27.7. The van der Waals surface area contributed by atoms with Crippen molar-refractivity contribution in [1.82, 2.24) is 19.5 Å². The van der Waals surface area contributed by atoms with Crippen LogP contribution in [0.3, 0.4) is 0 Å². The van der Waals surface area contributed by atoms with Gasteiger partial charge in [-0.3, -0.25) is 0 Å². The second-order valence-corrected chi connectivity index (χ2v) is 21.8. The van der Waals surface area contributed by atoms with E-state index in [9.17, 15) is 0 Å². The number of thiophene rings is 2. The Morgan fingerprint density at radius 1 is 0.303 bits per heavy atom. The Balaban J connectivity index is 0.000000225. The lowest BCUT2D eigenvalue weighted by Crippen LogP contribution is -2.00. The molecule has 0 radical (unpaired) electrons. The summed E-state index contributed by atoms with van der Waals surface area (Å²) in [7, 11) is 0. The van der Waals surface area contributed by atoms with E-state index < -0.39 is 0 Å². The Hall–Kier alpha value is -8.85. The molecule has 4 aromatic heterocycles. The molecule has 4 heterocycles. The molecule has 0 aliphatic carbocycles. The van der Waals surface area contributed by atoms with E-state index in [4.69, 9.17) is 15.0 Å². The van der Waals surface area contributed by atoms with Gasteiger partial charge in [-0.25, -0.2) is 15.0 Å². The van der Waals surface area contributed by atoms with Crippen molar-refractivity contribution in [3.05, 3.63) is 265 Å². The zero-order valence-electron chi connectivity index (χ0n) is 40.8. The molecule has 0 N–H and O–H groups in total. The molecule has 0 saturated heterocycles. The Morgan fingerprint density at radius 2 is 0.711 bits per heavy atom. The maximum atomic E-state index is 4.93. The number of fused-ring (bicyclic) bond motifs is 9. The van der Waals surface area contributed by atoms with E-state index in [1.54, 1.807) is 0 Å². The molecule has 15 aromatic rings. The minimum absolute atomic E-state index is 0. The van der Waals surface area contributed by atoms with Gasteiger partial charge in [-0.05, 0) is 88.0 Å². The van der Waals surface area contributed by atoms with Crippen LogP contribution < -0.4 is 0 Å². The summed E-state index contributed by atoms with van der Waals surface area (Å²) >= 11 is 7.25. The third kappa shape index (κ3) is 8.35. The standard InChI is InChI=1S/C51H32N4S.C18H11BrS.H2/c1-3-12-35(13-4-1)49-52-50(36-14-5-2-6-15-36)54-51(53-49)37-24-22-33(23-25-37)38-28-31-46-44(32-38)41-16-7-9-20-45(41)55(46)39-29-26-34(27-30-39)40-18-11-19-43-42-17-8-10-21-47(42)56-48(40)43;19-13-10-8-12(9-11-13)14-5-3-6-16-15-4-1-2-7-17(15)20-18(14)16;/h1-32H;1-11H;1H/i;;1+1. The van der Waals surface area contributed by atoms with Gasteiger partial charge in [0.15, 0.2) is 17.5 Å². The van der Waals surface area contributed by atoms with Gasteiger partial charge in [-0.1, -0.05) is 222 Å². The van der Waals surface area contributed by atoms with Crippen LogP contribution in [0.1, 0.15) is 1.43 Å². The molecule has 0 atom stereocenters. The van der Waals surface area contributed by atoms with Crippen molar-refractivity contribution in [3.8, 4) is 73.2 Å². The highest BCUT2D eigenvalue weighted by Gasteiger charge is 2.17. The fraction of sp³-hybridized carbons (Fsp3) is 0. The lowest BCUT2D eigenvalue weighted by molar-refractivity contribution is 1.07. The normalized spacial score (nSPS) is 11.5. The molecule has 76 heavy (non-hydrogen) atoms. The number of para-hydroxylation sites is 1. The zero-order chi connectivity index (χ0) is 50.5. The van der Waals surface area contributed by atoms with Gasteiger partial charge in [0.2, 0.25) is 0 Å². The van der Waals surface area contributed by atoms with Crippen LogP contribution in [0.4, 0.5) is 0 Å². The van der Waals surface area contributed by atoms with Crippen molar-refractivity contribution in [2.24, 2.45) is 0 Å². The molecule has 0 saturated carbocycles. The number of hydrogen-bond acceptors (Lipinski definition) is 5. The Kier molecular flexibility index (Phi) is 11.7. The minimum Gasteiger partial charge on any atom is -0.309 e. The average molecular weight is 1080 g/mol. The van der Waals surface area contributed by atoms with Crippen molar-refractivity contribution in [2.45, 2.75) is 0 Å². The van der Waals surface area contributed by atoms with E-state index in [0.717, 1.165) is 38.0 Å². The molecule has 360 valence electrons. The predicted molar refractivity (Wildman–Crippen MR) is 329 cm³/mol. The van der Waals surface area contributed by atoms with E-state index in [1.165, 1.54) is 84.4 Å². The van der Waals surface area contributed by atoms with Crippen LogP contribution >= 0.6 is 38.6 Å². The molecule has 0 spiro atoms. The van der Waals surface area contributed by atoms with Crippen LogP contribution in [-0.4, -0.2) is 19.5 Å². The summed E-state index contributed by atoms with van der Waals surface area (Å²) in [4.78, 5) is 14.7. The molecule has 0 aliphatic heterocycles. The quantitative estimate of drug-likeness (QED) is 0.160. The fourth-order valence-corrected chi connectivity index (χ4v) is 13.3. The van der Waals surface area contributed by atoms with Crippen molar-refractivity contribution >= 4 is 101 Å². The van der Waals surface area contributed by atoms with Crippen molar-refractivity contribution in [2.75, 3.05) is 0 Å². The highest BCUT2D eigenvalue weighted by atomic mass is 79.9. The monoisotopic (exact) mass is 1070 g/mol. The highest BCUT2D eigenvalue weighted by Crippen LogP contribution is 2.42. The minimum atomic E-state index is 0. The molecule has 11 aromatic carbocycles.